The van der Waals surface area contributed by atoms with Crippen LogP contribution in [-0.4, -0.2) is 49.3 Å². The van der Waals surface area contributed by atoms with E-state index >= 15 is 0 Å². The van der Waals surface area contributed by atoms with Crippen molar-refractivity contribution in [2.45, 2.75) is 19.8 Å². The Bertz CT molecular complexity index is 431. The maximum atomic E-state index is 5.46. The van der Waals surface area contributed by atoms with Crippen molar-refractivity contribution in [3.8, 4) is 0 Å². The fraction of sp³-hybridized carbons (Fsp3) is 0.688. The Labute approximate surface area is 121 Å². The second kappa shape index (κ2) is 6.55. The lowest BCUT2D eigenvalue weighted by atomic mass is 10.1. The SMILES string of the molecule is Cc1ccnc(NC[C@@H]2CCN(C[C@H]3CCOC3)C2)c1. The number of hydrogen-bond donors (Lipinski definition) is 1. The third-order valence-corrected chi connectivity index (χ3v) is 4.40. The molecular formula is C16H25N3O. The summed E-state index contributed by atoms with van der Waals surface area (Å²) in [5.74, 6) is 2.52. The number of anilines is 1. The predicted molar refractivity (Wildman–Crippen MR) is 80.9 cm³/mol. The average Bonchev–Trinajstić information content (AvgIpc) is 3.09. The molecule has 2 aliphatic heterocycles. The molecule has 0 radical (unpaired) electrons. The van der Waals surface area contributed by atoms with Crippen LogP contribution in [0.1, 0.15) is 18.4 Å². The van der Waals surface area contributed by atoms with Crippen LogP contribution in [0.3, 0.4) is 0 Å². The van der Waals surface area contributed by atoms with Crippen LogP contribution in [0.15, 0.2) is 18.3 Å². The van der Waals surface area contributed by atoms with Gasteiger partial charge in [0.05, 0.1) is 6.61 Å². The van der Waals surface area contributed by atoms with Gasteiger partial charge in [0.1, 0.15) is 5.82 Å². The maximum Gasteiger partial charge on any atom is 0.126 e. The van der Waals surface area contributed by atoms with Crippen LogP contribution in [0.5, 0.6) is 0 Å². The molecule has 2 saturated heterocycles. The fourth-order valence-electron chi connectivity index (χ4n) is 3.22. The van der Waals surface area contributed by atoms with Gasteiger partial charge in [-0.15, -0.1) is 0 Å². The summed E-state index contributed by atoms with van der Waals surface area (Å²) >= 11 is 0. The van der Waals surface area contributed by atoms with Crippen molar-refractivity contribution < 1.29 is 4.74 Å². The van der Waals surface area contributed by atoms with Crippen molar-refractivity contribution in [1.82, 2.24) is 9.88 Å². The van der Waals surface area contributed by atoms with Crippen LogP contribution in [0.4, 0.5) is 5.82 Å². The van der Waals surface area contributed by atoms with Gasteiger partial charge >= 0.3 is 0 Å². The Morgan fingerprint density at radius 3 is 3.15 bits per heavy atom. The first-order valence-corrected chi connectivity index (χ1v) is 7.76. The highest BCUT2D eigenvalue weighted by Crippen LogP contribution is 2.21. The lowest BCUT2D eigenvalue weighted by Crippen LogP contribution is -2.28. The minimum Gasteiger partial charge on any atom is -0.381 e. The molecule has 0 spiro atoms. The van der Waals surface area contributed by atoms with Gasteiger partial charge in [-0.05, 0) is 55.8 Å². The van der Waals surface area contributed by atoms with Crippen LogP contribution < -0.4 is 5.32 Å². The molecule has 0 aromatic carbocycles. The molecule has 1 N–H and O–H groups in total. The van der Waals surface area contributed by atoms with E-state index < -0.39 is 0 Å². The van der Waals surface area contributed by atoms with Gasteiger partial charge in [-0.1, -0.05) is 0 Å². The summed E-state index contributed by atoms with van der Waals surface area (Å²) in [7, 11) is 0. The molecule has 0 amide bonds. The van der Waals surface area contributed by atoms with Crippen LogP contribution >= 0.6 is 0 Å². The third-order valence-electron chi connectivity index (χ3n) is 4.40. The molecule has 0 bridgehead atoms. The number of aromatic nitrogens is 1. The Morgan fingerprint density at radius 1 is 1.40 bits per heavy atom. The van der Waals surface area contributed by atoms with Crippen molar-refractivity contribution in [2.24, 2.45) is 11.8 Å². The lowest BCUT2D eigenvalue weighted by Gasteiger charge is -2.19. The molecule has 3 heterocycles. The molecule has 1 aromatic heterocycles. The number of aryl methyl sites for hydroxylation is 1. The van der Waals surface area contributed by atoms with Gasteiger partial charge in [-0.3, -0.25) is 0 Å². The summed E-state index contributed by atoms with van der Waals surface area (Å²) in [6.45, 7) is 8.75. The van der Waals surface area contributed by atoms with Gasteiger partial charge in [0.15, 0.2) is 0 Å². The molecule has 20 heavy (non-hydrogen) atoms. The van der Waals surface area contributed by atoms with E-state index in [9.17, 15) is 0 Å². The first kappa shape index (κ1) is 13.8. The van der Waals surface area contributed by atoms with Gasteiger partial charge in [0.25, 0.3) is 0 Å². The minimum absolute atomic E-state index is 0.750. The molecule has 3 rings (SSSR count). The Kier molecular flexibility index (Phi) is 4.53. The second-order valence-corrected chi connectivity index (χ2v) is 6.24. The van der Waals surface area contributed by atoms with Crippen LogP contribution in [0.2, 0.25) is 0 Å². The number of pyridine rings is 1. The molecule has 2 fully saturated rings. The van der Waals surface area contributed by atoms with E-state index in [1.54, 1.807) is 0 Å². The molecule has 0 saturated carbocycles. The molecular weight excluding hydrogens is 250 g/mol. The van der Waals surface area contributed by atoms with Crippen molar-refractivity contribution in [3.05, 3.63) is 23.9 Å². The molecule has 4 heteroatoms. The molecule has 1 aromatic rings. The standard InChI is InChI=1S/C16H25N3O/c1-13-2-5-17-16(8-13)18-9-14-3-6-19(10-14)11-15-4-7-20-12-15/h2,5,8,14-15H,3-4,6-7,9-12H2,1H3,(H,17,18)/t14-,15+/m0/s1. The summed E-state index contributed by atoms with van der Waals surface area (Å²) in [6.07, 6.45) is 4.41. The Balaban J connectivity index is 1.41. The van der Waals surface area contributed by atoms with Gasteiger partial charge in [-0.25, -0.2) is 4.98 Å². The van der Waals surface area contributed by atoms with Crippen LogP contribution in [-0.2, 0) is 4.74 Å². The first-order valence-electron chi connectivity index (χ1n) is 7.76. The third kappa shape index (κ3) is 3.70. The monoisotopic (exact) mass is 275 g/mol. The zero-order chi connectivity index (χ0) is 13.8. The van der Waals surface area contributed by atoms with E-state index in [0.29, 0.717) is 0 Å². The normalized spacial score (nSPS) is 27.1. The second-order valence-electron chi connectivity index (χ2n) is 6.24. The molecule has 2 atom stereocenters. The minimum atomic E-state index is 0.750. The molecule has 0 aliphatic carbocycles. The van der Waals surface area contributed by atoms with E-state index in [2.05, 4.69) is 28.2 Å². The van der Waals surface area contributed by atoms with Crippen LogP contribution in [0, 0.1) is 18.8 Å². The van der Waals surface area contributed by atoms with E-state index in [-0.39, 0.29) is 0 Å². The van der Waals surface area contributed by atoms with E-state index in [1.165, 1.54) is 38.0 Å². The fourth-order valence-corrected chi connectivity index (χ4v) is 3.22. The summed E-state index contributed by atoms with van der Waals surface area (Å²) in [5.41, 5.74) is 1.26. The van der Waals surface area contributed by atoms with Gasteiger partial charge in [0, 0.05) is 32.4 Å². The smallest absolute Gasteiger partial charge is 0.126 e. The van der Waals surface area contributed by atoms with E-state index in [0.717, 1.165) is 37.4 Å². The zero-order valence-electron chi connectivity index (χ0n) is 12.3. The summed E-state index contributed by atoms with van der Waals surface area (Å²) in [4.78, 5) is 6.97. The Morgan fingerprint density at radius 2 is 2.35 bits per heavy atom. The quantitative estimate of drug-likeness (QED) is 0.893. The van der Waals surface area contributed by atoms with Crippen molar-refractivity contribution >= 4 is 5.82 Å². The highest BCUT2D eigenvalue weighted by atomic mass is 16.5. The topological polar surface area (TPSA) is 37.4 Å². The van der Waals surface area contributed by atoms with Gasteiger partial charge in [0.2, 0.25) is 0 Å². The predicted octanol–water partition coefficient (Wildman–Crippen LogP) is 2.16. The first-order chi connectivity index (χ1) is 9.79. The number of ether oxygens (including phenoxy) is 1. The van der Waals surface area contributed by atoms with Crippen molar-refractivity contribution in [2.75, 3.05) is 44.7 Å². The highest BCUT2D eigenvalue weighted by Gasteiger charge is 2.26. The molecule has 110 valence electrons. The summed E-state index contributed by atoms with van der Waals surface area (Å²) in [6, 6.07) is 4.15. The zero-order valence-corrected chi connectivity index (χ0v) is 12.3. The van der Waals surface area contributed by atoms with Gasteiger partial charge < -0.3 is 15.0 Å². The Hall–Kier alpha value is -1.13. The van der Waals surface area contributed by atoms with E-state index in [4.69, 9.17) is 4.74 Å². The maximum absolute atomic E-state index is 5.46. The average molecular weight is 275 g/mol. The number of likely N-dealkylation sites (tertiary alicyclic amines) is 1. The molecule has 0 unspecified atom stereocenters. The lowest BCUT2D eigenvalue weighted by molar-refractivity contribution is 0.173. The summed E-state index contributed by atoms with van der Waals surface area (Å²) in [5, 5.41) is 3.48. The molecule has 2 aliphatic rings. The molecule has 4 nitrogen and oxygen atoms in total. The number of nitrogens with zero attached hydrogens (tertiary/aromatic N) is 2. The van der Waals surface area contributed by atoms with Crippen molar-refractivity contribution in [1.29, 1.82) is 0 Å². The number of nitrogens with one attached hydrogen (secondary N) is 1. The number of hydrogen-bond acceptors (Lipinski definition) is 4. The largest absolute Gasteiger partial charge is 0.381 e. The van der Waals surface area contributed by atoms with Crippen molar-refractivity contribution in [3.63, 3.8) is 0 Å². The van der Waals surface area contributed by atoms with Gasteiger partial charge in [-0.2, -0.15) is 0 Å². The van der Waals surface area contributed by atoms with Crippen LogP contribution in [0.25, 0.3) is 0 Å². The number of rotatable bonds is 5. The highest BCUT2D eigenvalue weighted by molar-refractivity contribution is 5.36. The summed E-state index contributed by atoms with van der Waals surface area (Å²) < 4.78 is 5.46. The van der Waals surface area contributed by atoms with E-state index in [1.807, 2.05) is 12.3 Å².